The van der Waals surface area contributed by atoms with Crippen LogP contribution in [0.4, 0.5) is 4.39 Å². The van der Waals surface area contributed by atoms with Crippen LogP contribution in [-0.2, 0) is 21.3 Å². The van der Waals surface area contributed by atoms with Crippen molar-refractivity contribution in [1.82, 2.24) is 15.0 Å². The second-order valence-corrected chi connectivity index (χ2v) is 11.3. The van der Waals surface area contributed by atoms with Crippen molar-refractivity contribution in [2.75, 3.05) is 13.2 Å². The molecule has 7 rings (SSSR count). The number of ether oxygens (including phenoxy) is 2. The fourth-order valence-electron chi connectivity index (χ4n) is 7.38. The predicted octanol–water partition coefficient (Wildman–Crippen LogP) is 6.30. The highest BCUT2D eigenvalue weighted by atomic mass is 19.1. The van der Waals surface area contributed by atoms with E-state index in [0.29, 0.717) is 41.5 Å². The van der Waals surface area contributed by atoms with Gasteiger partial charge in [-0.2, -0.15) is 0 Å². The van der Waals surface area contributed by atoms with Gasteiger partial charge in [0.15, 0.2) is 17.9 Å². The van der Waals surface area contributed by atoms with Gasteiger partial charge in [-0.1, -0.05) is 44.2 Å². The number of hydrogen-bond donors (Lipinski definition) is 0. The number of aromatic nitrogens is 3. The molecule has 0 unspecified atom stereocenters. The molecule has 1 saturated carbocycles. The number of carbonyl (C=O) groups is 1. The summed E-state index contributed by atoms with van der Waals surface area (Å²) in [5, 5.41) is 0.851. The Labute approximate surface area is 226 Å². The Morgan fingerprint density at radius 3 is 2.54 bits per heavy atom. The van der Waals surface area contributed by atoms with Crippen molar-refractivity contribution >= 4 is 17.2 Å². The summed E-state index contributed by atoms with van der Waals surface area (Å²) < 4.78 is 27.7. The average molecular weight is 524 g/mol. The zero-order valence-electron chi connectivity index (χ0n) is 22.1. The Balaban J connectivity index is 1.48. The minimum Gasteiger partial charge on any atom is -0.347 e. The molecule has 0 radical (unpaired) electrons. The summed E-state index contributed by atoms with van der Waals surface area (Å²) in [7, 11) is 0. The SMILES string of the molecule is C[C@@H]1[C@H]2CCc3c(-c4ccccc4F)nc(-c4cc(C=O)nc5ccccc45)nc3[C@]2(C)CCC12OCCO2. The lowest BCUT2D eigenvalue weighted by molar-refractivity contribution is -0.234. The summed E-state index contributed by atoms with van der Waals surface area (Å²) in [6.07, 6.45) is 4.04. The Morgan fingerprint density at radius 1 is 0.974 bits per heavy atom. The minimum atomic E-state index is -0.536. The van der Waals surface area contributed by atoms with Crippen LogP contribution < -0.4 is 0 Å². The second kappa shape index (κ2) is 9.00. The molecule has 0 N–H and O–H groups in total. The normalized spacial score (nSPS) is 25.4. The third-order valence-electron chi connectivity index (χ3n) is 9.36. The van der Waals surface area contributed by atoms with Crippen LogP contribution in [0.5, 0.6) is 0 Å². The van der Waals surface area contributed by atoms with Crippen molar-refractivity contribution in [2.45, 2.75) is 50.7 Å². The van der Waals surface area contributed by atoms with Gasteiger partial charge in [0.05, 0.1) is 30.1 Å². The van der Waals surface area contributed by atoms with E-state index < -0.39 is 5.79 Å². The number of para-hydroxylation sites is 1. The van der Waals surface area contributed by atoms with Crippen LogP contribution in [-0.4, -0.2) is 40.2 Å². The number of aldehydes is 1. The van der Waals surface area contributed by atoms with Gasteiger partial charge in [-0.3, -0.25) is 4.79 Å². The standard InChI is InChI=1S/C32H30FN3O3/c1-19-25-12-11-23-28(22-8-3-5-9-26(22)33)35-30(24-17-20(18-37)34-27-10-6-4-7-21(24)27)36-29(23)31(25,2)13-14-32(19)38-15-16-39-32/h3-10,17-19,25H,11-16H2,1-2H3/t19-,25-,31-/m1/s1. The maximum atomic E-state index is 15.3. The minimum absolute atomic E-state index is 0.186. The van der Waals surface area contributed by atoms with Gasteiger partial charge in [-0.25, -0.2) is 19.3 Å². The van der Waals surface area contributed by atoms with Crippen molar-refractivity contribution in [3.63, 3.8) is 0 Å². The lowest BCUT2D eigenvalue weighted by Gasteiger charge is -2.54. The lowest BCUT2D eigenvalue weighted by Crippen LogP contribution is -2.55. The number of nitrogens with zero attached hydrogens (tertiary/aromatic N) is 3. The molecular weight excluding hydrogens is 493 g/mol. The first-order valence-corrected chi connectivity index (χ1v) is 13.7. The van der Waals surface area contributed by atoms with Crippen LogP contribution in [0, 0.1) is 17.7 Å². The number of halogens is 1. The van der Waals surface area contributed by atoms with Gasteiger partial charge in [0.2, 0.25) is 0 Å². The highest BCUT2D eigenvalue weighted by molar-refractivity contribution is 5.95. The van der Waals surface area contributed by atoms with E-state index in [4.69, 9.17) is 19.4 Å². The van der Waals surface area contributed by atoms with Crippen molar-refractivity contribution in [3.8, 4) is 22.6 Å². The summed E-state index contributed by atoms with van der Waals surface area (Å²) in [5.41, 5.74) is 4.53. The number of benzene rings is 2. The molecule has 3 heterocycles. The molecule has 39 heavy (non-hydrogen) atoms. The predicted molar refractivity (Wildman–Crippen MR) is 146 cm³/mol. The van der Waals surface area contributed by atoms with Crippen LogP contribution in [0.1, 0.15) is 54.9 Å². The van der Waals surface area contributed by atoms with Gasteiger partial charge >= 0.3 is 0 Å². The zero-order chi connectivity index (χ0) is 26.8. The average Bonchev–Trinajstić information content (AvgIpc) is 3.45. The number of hydrogen-bond acceptors (Lipinski definition) is 6. The molecule has 0 amide bonds. The van der Waals surface area contributed by atoms with Crippen LogP contribution >= 0.6 is 0 Å². The van der Waals surface area contributed by atoms with Crippen LogP contribution in [0.2, 0.25) is 0 Å². The molecule has 2 aromatic heterocycles. The summed E-state index contributed by atoms with van der Waals surface area (Å²) >= 11 is 0. The molecule has 2 aliphatic carbocycles. The third kappa shape index (κ3) is 3.67. The van der Waals surface area contributed by atoms with E-state index in [0.717, 1.165) is 54.2 Å². The third-order valence-corrected chi connectivity index (χ3v) is 9.36. The maximum Gasteiger partial charge on any atom is 0.171 e. The molecule has 3 aliphatic rings. The molecular formula is C32H30FN3O3. The van der Waals surface area contributed by atoms with E-state index in [-0.39, 0.29) is 23.1 Å². The highest BCUT2D eigenvalue weighted by Crippen LogP contribution is 2.57. The maximum absolute atomic E-state index is 15.3. The second-order valence-electron chi connectivity index (χ2n) is 11.3. The Bertz CT molecular complexity index is 1620. The molecule has 2 aromatic carbocycles. The van der Waals surface area contributed by atoms with E-state index >= 15 is 4.39 Å². The van der Waals surface area contributed by atoms with Gasteiger partial charge in [-0.05, 0) is 49.4 Å². The topological polar surface area (TPSA) is 74.2 Å². The van der Waals surface area contributed by atoms with Crippen molar-refractivity contribution < 1.29 is 18.7 Å². The first kappa shape index (κ1) is 24.5. The summed E-state index contributed by atoms with van der Waals surface area (Å²) in [5.74, 6) is 0.107. The quantitative estimate of drug-likeness (QED) is 0.293. The molecule has 3 atom stereocenters. The van der Waals surface area contributed by atoms with Gasteiger partial charge in [0.25, 0.3) is 0 Å². The fraction of sp³-hybridized carbons (Fsp3) is 0.375. The lowest BCUT2D eigenvalue weighted by atomic mass is 9.54. The molecule has 1 aliphatic heterocycles. The van der Waals surface area contributed by atoms with E-state index in [1.54, 1.807) is 18.2 Å². The van der Waals surface area contributed by atoms with Gasteiger partial charge in [0, 0.05) is 39.8 Å². The Kier molecular flexibility index (Phi) is 5.65. The van der Waals surface area contributed by atoms with Gasteiger partial charge in [-0.15, -0.1) is 0 Å². The van der Waals surface area contributed by atoms with Crippen molar-refractivity contribution in [1.29, 1.82) is 0 Å². The molecule has 1 spiro atoms. The van der Waals surface area contributed by atoms with Crippen molar-refractivity contribution in [2.24, 2.45) is 11.8 Å². The first-order valence-electron chi connectivity index (χ1n) is 13.7. The largest absolute Gasteiger partial charge is 0.347 e. The Hall–Kier alpha value is -3.55. The molecule has 6 nitrogen and oxygen atoms in total. The number of fused-ring (bicyclic) bond motifs is 4. The number of rotatable bonds is 3. The smallest absolute Gasteiger partial charge is 0.171 e. The number of pyridine rings is 1. The summed E-state index contributed by atoms with van der Waals surface area (Å²) in [6.45, 7) is 5.78. The van der Waals surface area contributed by atoms with Crippen LogP contribution in [0.15, 0.2) is 54.6 Å². The van der Waals surface area contributed by atoms with E-state index in [1.807, 2.05) is 30.3 Å². The molecule has 1 saturated heterocycles. The fourth-order valence-corrected chi connectivity index (χ4v) is 7.38. The van der Waals surface area contributed by atoms with Gasteiger partial charge in [0.1, 0.15) is 11.5 Å². The summed E-state index contributed by atoms with van der Waals surface area (Å²) in [6, 6.07) is 16.2. The number of carbonyl (C=O) groups excluding carboxylic acids is 1. The monoisotopic (exact) mass is 523 g/mol. The van der Waals surface area contributed by atoms with E-state index in [2.05, 4.69) is 18.8 Å². The summed E-state index contributed by atoms with van der Waals surface area (Å²) in [4.78, 5) is 26.6. The molecule has 198 valence electrons. The van der Waals surface area contributed by atoms with Crippen LogP contribution in [0.3, 0.4) is 0 Å². The van der Waals surface area contributed by atoms with E-state index in [9.17, 15) is 4.79 Å². The Morgan fingerprint density at radius 2 is 1.74 bits per heavy atom. The van der Waals surface area contributed by atoms with Crippen molar-refractivity contribution in [3.05, 3.63) is 77.4 Å². The highest BCUT2D eigenvalue weighted by Gasteiger charge is 2.57. The molecule has 7 heteroatoms. The van der Waals surface area contributed by atoms with Gasteiger partial charge < -0.3 is 9.47 Å². The molecule has 0 bridgehead atoms. The molecule has 2 fully saturated rings. The van der Waals surface area contributed by atoms with Crippen LogP contribution in [0.25, 0.3) is 33.5 Å². The van der Waals surface area contributed by atoms with E-state index in [1.165, 1.54) is 6.07 Å². The zero-order valence-corrected chi connectivity index (χ0v) is 22.1. The first-order chi connectivity index (χ1) is 18.9. The molecule has 4 aromatic rings.